The van der Waals surface area contributed by atoms with Crippen molar-refractivity contribution < 1.29 is 19.7 Å². The molecule has 1 fully saturated rings. The second-order valence-corrected chi connectivity index (χ2v) is 10.7. The number of unbranched alkanes of at least 4 members (excludes halogenated alkanes) is 11. The molecule has 182 valence electrons. The SMILES string of the molecule is CCCCCCCCCCCCCC=C[C@H]1OC(C)(C)N(C(=O)O)[C@]1(CO)C(C)(C)C. The fraction of sp³-hybridized carbons (Fsp3) is 0.885. The van der Waals surface area contributed by atoms with Crippen LogP contribution in [0.3, 0.4) is 0 Å². The molecule has 1 amide bonds. The monoisotopic (exact) mass is 439 g/mol. The van der Waals surface area contributed by atoms with Crippen LogP contribution < -0.4 is 0 Å². The summed E-state index contributed by atoms with van der Waals surface area (Å²) in [7, 11) is 0. The molecular weight excluding hydrogens is 390 g/mol. The number of carboxylic acid groups (broad SMARTS) is 1. The number of carbonyl (C=O) groups is 1. The van der Waals surface area contributed by atoms with Gasteiger partial charge in [-0.15, -0.1) is 0 Å². The Labute approximate surface area is 191 Å². The van der Waals surface area contributed by atoms with E-state index in [9.17, 15) is 15.0 Å². The summed E-state index contributed by atoms with van der Waals surface area (Å²) >= 11 is 0. The van der Waals surface area contributed by atoms with E-state index in [2.05, 4.69) is 13.0 Å². The van der Waals surface area contributed by atoms with Crippen molar-refractivity contribution in [1.82, 2.24) is 4.90 Å². The minimum Gasteiger partial charge on any atom is -0.465 e. The quantitative estimate of drug-likeness (QED) is 0.223. The summed E-state index contributed by atoms with van der Waals surface area (Å²) in [5, 5.41) is 20.3. The van der Waals surface area contributed by atoms with E-state index < -0.39 is 28.9 Å². The van der Waals surface area contributed by atoms with Crippen LogP contribution in [0, 0.1) is 5.41 Å². The van der Waals surface area contributed by atoms with Crippen LogP contribution in [0.25, 0.3) is 0 Å². The Kier molecular flexibility index (Phi) is 11.6. The predicted octanol–water partition coefficient (Wildman–Crippen LogP) is 7.14. The van der Waals surface area contributed by atoms with Gasteiger partial charge in [-0.3, -0.25) is 4.90 Å². The molecule has 5 nitrogen and oxygen atoms in total. The first kappa shape index (κ1) is 28.0. The number of amides is 1. The highest BCUT2D eigenvalue weighted by Gasteiger charge is 2.64. The molecule has 0 aromatic heterocycles. The third kappa shape index (κ3) is 7.49. The molecule has 31 heavy (non-hydrogen) atoms. The molecule has 1 aliphatic heterocycles. The van der Waals surface area contributed by atoms with Gasteiger partial charge in [0.25, 0.3) is 0 Å². The molecular formula is C26H49NO4. The Morgan fingerprint density at radius 2 is 1.45 bits per heavy atom. The summed E-state index contributed by atoms with van der Waals surface area (Å²) in [4.78, 5) is 13.4. The van der Waals surface area contributed by atoms with Gasteiger partial charge in [-0.05, 0) is 32.1 Å². The van der Waals surface area contributed by atoms with E-state index in [1.807, 2.05) is 26.8 Å². The topological polar surface area (TPSA) is 70.0 Å². The number of aliphatic hydroxyl groups excluding tert-OH is 1. The number of nitrogens with zero attached hydrogens (tertiary/aromatic N) is 1. The van der Waals surface area contributed by atoms with Crippen molar-refractivity contribution in [3.63, 3.8) is 0 Å². The van der Waals surface area contributed by atoms with E-state index in [1.165, 1.54) is 69.1 Å². The minimum atomic E-state index is -1.06. The van der Waals surface area contributed by atoms with Crippen molar-refractivity contribution >= 4 is 6.09 Å². The first-order valence-corrected chi connectivity index (χ1v) is 12.5. The van der Waals surface area contributed by atoms with Crippen LogP contribution in [0.2, 0.25) is 0 Å². The highest BCUT2D eigenvalue weighted by atomic mass is 16.6. The van der Waals surface area contributed by atoms with E-state index in [4.69, 9.17) is 4.74 Å². The number of hydrogen-bond acceptors (Lipinski definition) is 3. The van der Waals surface area contributed by atoms with Crippen LogP contribution in [0.5, 0.6) is 0 Å². The summed E-state index contributed by atoms with van der Waals surface area (Å²) in [6.45, 7) is 11.4. The molecule has 0 aromatic rings. The molecule has 0 radical (unpaired) electrons. The van der Waals surface area contributed by atoms with Gasteiger partial charge in [-0.25, -0.2) is 4.79 Å². The zero-order valence-corrected chi connectivity index (χ0v) is 21.1. The third-order valence-corrected chi connectivity index (χ3v) is 6.84. The van der Waals surface area contributed by atoms with Gasteiger partial charge in [-0.2, -0.15) is 0 Å². The molecule has 0 bridgehead atoms. The molecule has 0 aromatic carbocycles. The Balaban J connectivity index is 2.48. The number of rotatable bonds is 14. The summed E-state index contributed by atoms with van der Waals surface area (Å²) in [6, 6.07) is 0. The highest BCUT2D eigenvalue weighted by molar-refractivity contribution is 5.68. The maximum Gasteiger partial charge on any atom is 0.410 e. The lowest BCUT2D eigenvalue weighted by Gasteiger charge is -2.48. The Morgan fingerprint density at radius 3 is 1.87 bits per heavy atom. The lowest BCUT2D eigenvalue weighted by molar-refractivity contribution is -0.0682. The van der Waals surface area contributed by atoms with Crippen LogP contribution >= 0.6 is 0 Å². The average molecular weight is 440 g/mol. The van der Waals surface area contributed by atoms with Crippen molar-refractivity contribution in [1.29, 1.82) is 0 Å². The summed E-state index contributed by atoms with van der Waals surface area (Å²) < 4.78 is 6.16. The van der Waals surface area contributed by atoms with Crippen molar-refractivity contribution in [2.45, 2.75) is 136 Å². The maximum atomic E-state index is 12.1. The zero-order chi connectivity index (χ0) is 23.5. The van der Waals surface area contributed by atoms with Crippen LogP contribution in [-0.2, 0) is 4.74 Å². The van der Waals surface area contributed by atoms with Gasteiger partial charge in [0.2, 0.25) is 0 Å². The lowest BCUT2D eigenvalue weighted by Crippen LogP contribution is -2.65. The van der Waals surface area contributed by atoms with Crippen LogP contribution in [0.15, 0.2) is 12.2 Å². The first-order valence-electron chi connectivity index (χ1n) is 12.5. The van der Waals surface area contributed by atoms with E-state index in [0.717, 1.165) is 12.8 Å². The van der Waals surface area contributed by atoms with Gasteiger partial charge < -0.3 is 14.9 Å². The maximum absolute atomic E-state index is 12.1. The smallest absolute Gasteiger partial charge is 0.410 e. The Hall–Kier alpha value is -1.07. The van der Waals surface area contributed by atoms with Gasteiger partial charge in [0.1, 0.15) is 17.4 Å². The zero-order valence-electron chi connectivity index (χ0n) is 21.1. The van der Waals surface area contributed by atoms with E-state index in [0.29, 0.717) is 0 Å². The predicted molar refractivity (Wildman–Crippen MR) is 128 cm³/mol. The van der Waals surface area contributed by atoms with Crippen molar-refractivity contribution in [2.75, 3.05) is 6.61 Å². The fourth-order valence-electron chi connectivity index (χ4n) is 4.97. The molecule has 2 atom stereocenters. The molecule has 0 unspecified atom stereocenters. The first-order chi connectivity index (χ1) is 14.5. The Morgan fingerprint density at radius 1 is 0.968 bits per heavy atom. The number of hydrogen-bond donors (Lipinski definition) is 2. The van der Waals surface area contributed by atoms with E-state index in [1.54, 1.807) is 13.8 Å². The second-order valence-electron chi connectivity index (χ2n) is 10.7. The molecule has 0 saturated carbocycles. The number of aliphatic hydroxyl groups is 1. The number of allylic oxidation sites excluding steroid dienone is 1. The van der Waals surface area contributed by atoms with E-state index in [-0.39, 0.29) is 6.61 Å². The van der Waals surface area contributed by atoms with Gasteiger partial charge in [0, 0.05) is 0 Å². The third-order valence-electron chi connectivity index (χ3n) is 6.84. The van der Waals surface area contributed by atoms with Crippen LogP contribution in [-0.4, -0.2) is 45.2 Å². The molecule has 2 N–H and O–H groups in total. The average Bonchev–Trinajstić information content (AvgIpc) is 2.92. The van der Waals surface area contributed by atoms with E-state index >= 15 is 0 Å². The largest absolute Gasteiger partial charge is 0.465 e. The van der Waals surface area contributed by atoms with Crippen LogP contribution in [0.1, 0.15) is 119 Å². The Bertz CT molecular complexity index is 552. The standard InChI is InChI=1S/C26H49NO4/c1-7-8-9-10-11-12-13-14-15-16-17-18-19-20-22-26(21-28,24(2,3)4)27(23(29)30)25(5,6)31-22/h19-20,22,28H,7-18,21H2,1-6H3,(H,29,30)/t22-,26+/m1/s1. The molecule has 5 heteroatoms. The van der Waals surface area contributed by atoms with Crippen molar-refractivity contribution in [3.05, 3.63) is 12.2 Å². The normalized spacial score (nSPS) is 23.7. The van der Waals surface area contributed by atoms with Gasteiger partial charge in [-0.1, -0.05) is 104 Å². The highest BCUT2D eigenvalue weighted by Crippen LogP contribution is 2.49. The summed E-state index contributed by atoms with van der Waals surface area (Å²) in [6.07, 6.45) is 18.0. The molecule has 1 rings (SSSR count). The summed E-state index contributed by atoms with van der Waals surface area (Å²) in [5.41, 5.74) is -2.50. The number of ether oxygens (including phenoxy) is 1. The molecule has 1 heterocycles. The molecule has 0 spiro atoms. The van der Waals surface area contributed by atoms with Gasteiger partial charge >= 0.3 is 6.09 Å². The van der Waals surface area contributed by atoms with Crippen molar-refractivity contribution in [2.24, 2.45) is 5.41 Å². The summed E-state index contributed by atoms with van der Waals surface area (Å²) in [5.74, 6) is 0. The van der Waals surface area contributed by atoms with Crippen molar-refractivity contribution in [3.8, 4) is 0 Å². The fourth-order valence-corrected chi connectivity index (χ4v) is 4.97. The molecule has 0 aliphatic carbocycles. The van der Waals surface area contributed by atoms with Gasteiger partial charge in [0.15, 0.2) is 0 Å². The molecule has 1 aliphatic rings. The second kappa shape index (κ2) is 12.8. The molecule has 1 saturated heterocycles. The van der Waals surface area contributed by atoms with Crippen LogP contribution in [0.4, 0.5) is 4.79 Å². The minimum absolute atomic E-state index is 0.278. The van der Waals surface area contributed by atoms with Gasteiger partial charge in [0.05, 0.1) is 6.61 Å². The lowest BCUT2D eigenvalue weighted by atomic mass is 9.69.